The molecule has 2 aromatic rings. The average molecular weight is 230 g/mol. The summed E-state index contributed by atoms with van der Waals surface area (Å²) in [6.07, 6.45) is 0.811. The summed E-state index contributed by atoms with van der Waals surface area (Å²) in [5, 5.41) is 6.54. The lowest BCUT2D eigenvalue weighted by Crippen LogP contribution is -2.18. The van der Waals surface area contributed by atoms with Crippen molar-refractivity contribution >= 4 is 5.91 Å². The van der Waals surface area contributed by atoms with Crippen LogP contribution in [0.25, 0.3) is 11.3 Å². The highest BCUT2D eigenvalue weighted by Gasteiger charge is 2.14. The molecule has 4 nitrogen and oxygen atoms in total. The van der Waals surface area contributed by atoms with Crippen LogP contribution < -0.4 is 5.32 Å². The quantitative estimate of drug-likeness (QED) is 0.879. The van der Waals surface area contributed by atoms with Gasteiger partial charge in [0, 0.05) is 18.7 Å². The first-order chi connectivity index (χ1) is 8.26. The summed E-state index contributed by atoms with van der Waals surface area (Å²) in [4.78, 5) is 11.7. The molecule has 2 rings (SSSR count). The number of aryl methyl sites for hydroxylation is 1. The first kappa shape index (κ1) is 11.4. The highest BCUT2D eigenvalue weighted by atomic mass is 16.5. The summed E-state index contributed by atoms with van der Waals surface area (Å²) in [5.74, 6) is 0.496. The van der Waals surface area contributed by atoms with Gasteiger partial charge in [-0.15, -0.1) is 0 Å². The molecule has 0 aliphatic rings. The monoisotopic (exact) mass is 230 g/mol. The van der Waals surface area contributed by atoms with Crippen LogP contribution in [0.1, 0.15) is 23.0 Å². The SMILES string of the molecule is CCc1cc(-c2ccccc2C(=O)NC)on1. The van der Waals surface area contributed by atoms with Crippen molar-refractivity contribution < 1.29 is 9.32 Å². The molecule has 88 valence electrons. The number of carbonyl (C=O) groups is 1. The van der Waals surface area contributed by atoms with E-state index in [9.17, 15) is 4.79 Å². The Morgan fingerprint density at radius 1 is 1.41 bits per heavy atom. The van der Waals surface area contributed by atoms with Crippen LogP contribution in [0.2, 0.25) is 0 Å². The molecule has 0 aliphatic carbocycles. The maximum Gasteiger partial charge on any atom is 0.251 e. The van der Waals surface area contributed by atoms with E-state index in [0.29, 0.717) is 11.3 Å². The third-order valence-electron chi connectivity index (χ3n) is 2.59. The van der Waals surface area contributed by atoms with E-state index in [1.165, 1.54) is 0 Å². The Morgan fingerprint density at radius 3 is 2.82 bits per heavy atom. The van der Waals surface area contributed by atoms with Gasteiger partial charge in [-0.05, 0) is 12.5 Å². The molecular formula is C13H14N2O2. The minimum Gasteiger partial charge on any atom is -0.356 e. The molecule has 0 bridgehead atoms. The van der Waals surface area contributed by atoms with Crippen LogP contribution in [0.3, 0.4) is 0 Å². The fourth-order valence-electron chi connectivity index (χ4n) is 1.64. The molecular weight excluding hydrogens is 216 g/mol. The number of hydrogen-bond donors (Lipinski definition) is 1. The van der Waals surface area contributed by atoms with E-state index < -0.39 is 0 Å². The van der Waals surface area contributed by atoms with Crippen LogP contribution in [0, 0.1) is 0 Å². The molecule has 0 radical (unpaired) electrons. The van der Waals surface area contributed by atoms with Gasteiger partial charge in [-0.3, -0.25) is 4.79 Å². The number of carbonyl (C=O) groups excluding carboxylic acids is 1. The maximum atomic E-state index is 11.7. The van der Waals surface area contributed by atoms with Gasteiger partial charge in [0.25, 0.3) is 5.91 Å². The lowest BCUT2D eigenvalue weighted by Gasteiger charge is -2.04. The summed E-state index contributed by atoms with van der Waals surface area (Å²) < 4.78 is 5.25. The molecule has 4 heteroatoms. The van der Waals surface area contributed by atoms with E-state index in [2.05, 4.69) is 10.5 Å². The van der Waals surface area contributed by atoms with Crippen LogP contribution in [-0.4, -0.2) is 18.1 Å². The van der Waals surface area contributed by atoms with Crippen molar-refractivity contribution in [3.05, 3.63) is 41.6 Å². The van der Waals surface area contributed by atoms with E-state index in [1.807, 2.05) is 31.2 Å². The molecule has 0 spiro atoms. The second-order valence-electron chi connectivity index (χ2n) is 3.66. The highest BCUT2D eigenvalue weighted by molar-refractivity contribution is 6.00. The minimum atomic E-state index is -0.130. The Hall–Kier alpha value is -2.10. The van der Waals surface area contributed by atoms with Crippen LogP contribution >= 0.6 is 0 Å². The topological polar surface area (TPSA) is 55.1 Å². The predicted octanol–water partition coefficient (Wildman–Crippen LogP) is 2.26. The van der Waals surface area contributed by atoms with E-state index in [1.54, 1.807) is 13.1 Å². The number of nitrogens with one attached hydrogen (secondary N) is 1. The summed E-state index contributed by atoms with van der Waals surface area (Å²) in [5.41, 5.74) is 2.24. The van der Waals surface area contributed by atoms with Gasteiger partial charge in [0.2, 0.25) is 0 Å². The lowest BCUT2D eigenvalue weighted by atomic mass is 10.0. The summed E-state index contributed by atoms with van der Waals surface area (Å²) in [6, 6.07) is 9.18. The molecule has 0 fully saturated rings. The zero-order chi connectivity index (χ0) is 12.3. The van der Waals surface area contributed by atoms with E-state index in [4.69, 9.17) is 4.52 Å². The number of aromatic nitrogens is 1. The van der Waals surface area contributed by atoms with Crippen LogP contribution in [0.15, 0.2) is 34.9 Å². The normalized spacial score (nSPS) is 10.2. The van der Waals surface area contributed by atoms with E-state index in [-0.39, 0.29) is 5.91 Å². The fraction of sp³-hybridized carbons (Fsp3) is 0.231. The summed E-state index contributed by atoms with van der Waals surface area (Å²) in [7, 11) is 1.61. The third kappa shape index (κ3) is 2.20. The molecule has 17 heavy (non-hydrogen) atoms. The highest BCUT2D eigenvalue weighted by Crippen LogP contribution is 2.24. The van der Waals surface area contributed by atoms with Gasteiger partial charge in [-0.2, -0.15) is 0 Å². The molecule has 0 aliphatic heterocycles. The van der Waals surface area contributed by atoms with E-state index >= 15 is 0 Å². The Labute approximate surface area is 99.6 Å². The molecule has 0 saturated heterocycles. The van der Waals surface area contributed by atoms with Gasteiger partial charge in [-0.25, -0.2) is 0 Å². The largest absolute Gasteiger partial charge is 0.356 e. The van der Waals surface area contributed by atoms with Crippen molar-refractivity contribution in [2.24, 2.45) is 0 Å². The molecule has 1 N–H and O–H groups in total. The van der Waals surface area contributed by atoms with Crippen molar-refractivity contribution in [3.63, 3.8) is 0 Å². The standard InChI is InChI=1S/C13H14N2O2/c1-3-9-8-12(17-15-9)10-6-4-5-7-11(10)13(16)14-2/h4-8H,3H2,1-2H3,(H,14,16). The van der Waals surface area contributed by atoms with Crippen LogP contribution in [0.5, 0.6) is 0 Å². The zero-order valence-electron chi connectivity index (χ0n) is 9.86. The molecule has 1 amide bonds. The minimum absolute atomic E-state index is 0.130. The number of hydrogen-bond acceptors (Lipinski definition) is 3. The Bertz CT molecular complexity index is 532. The van der Waals surface area contributed by atoms with Crippen molar-refractivity contribution in [2.75, 3.05) is 7.05 Å². The Kier molecular flexibility index (Phi) is 3.23. The molecule has 1 heterocycles. The first-order valence-electron chi connectivity index (χ1n) is 5.53. The smallest absolute Gasteiger partial charge is 0.251 e. The molecule has 1 aromatic carbocycles. The number of amides is 1. The number of rotatable bonds is 3. The first-order valence-corrected chi connectivity index (χ1v) is 5.53. The Balaban J connectivity index is 2.47. The van der Waals surface area contributed by atoms with Crippen molar-refractivity contribution in [1.82, 2.24) is 10.5 Å². The van der Waals surface area contributed by atoms with Crippen molar-refractivity contribution in [2.45, 2.75) is 13.3 Å². The molecule has 0 saturated carbocycles. The van der Waals surface area contributed by atoms with Gasteiger partial charge in [0.15, 0.2) is 5.76 Å². The van der Waals surface area contributed by atoms with Gasteiger partial charge >= 0.3 is 0 Å². The summed E-state index contributed by atoms with van der Waals surface area (Å²) >= 11 is 0. The second kappa shape index (κ2) is 4.82. The van der Waals surface area contributed by atoms with Crippen molar-refractivity contribution in [1.29, 1.82) is 0 Å². The zero-order valence-corrected chi connectivity index (χ0v) is 9.86. The maximum absolute atomic E-state index is 11.7. The predicted molar refractivity (Wildman–Crippen MR) is 64.7 cm³/mol. The molecule has 0 atom stereocenters. The second-order valence-corrected chi connectivity index (χ2v) is 3.66. The van der Waals surface area contributed by atoms with Crippen LogP contribution in [0.4, 0.5) is 0 Å². The molecule has 1 aromatic heterocycles. The van der Waals surface area contributed by atoms with Crippen molar-refractivity contribution in [3.8, 4) is 11.3 Å². The van der Waals surface area contributed by atoms with Gasteiger partial charge < -0.3 is 9.84 Å². The fourth-order valence-corrected chi connectivity index (χ4v) is 1.64. The summed E-state index contributed by atoms with van der Waals surface area (Å²) in [6.45, 7) is 2.01. The Morgan fingerprint density at radius 2 is 2.18 bits per heavy atom. The van der Waals surface area contributed by atoms with E-state index in [0.717, 1.165) is 17.7 Å². The van der Waals surface area contributed by atoms with Gasteiger partial charge in [0.05, 0.1) is 11.3 Å². The number of nitrogens with zero attached hydrogens (tertiary/aromatic N) is 1. The lowest BCUT2D eigenvalue weighted by molar-refractivity contribution is 0.0963. The van der Waals surface area contributed by atoms with Crippen LogP contribution in [-0.2, 0) is 6.42 Å². The average Bonchev–Trinajstić information content (AvgIpc) is 2.86. The molecule has 0 unspecified atom stereocenters. The number of benzene rings is 1. The third-order valence-corrected chi connectivity index (χ3v) is 2.59. The van der Waals surface area contributed by atoms with Gasteiger partial charge in [-0.1, -0.05) is 30.3 Å². The van der Waals surface area contributed by atoms with Gasteiger partial charge in [0.1, 0.15) is 0 Å².